The van der Waals surface area contributed by atoms with Crippen molar-refractivity contribution in [2.75, 3.05) is 20.2 Å². The monoisotopic (exact) mass is 187 g/mol. The molecule has 0 aliphatic heterocycles. The first-order chi connectivity index (χ1) is 6.11. The van der Waals surface area contributed by atoms with Crippen LogP contribution in [0.2, 0.25) is 0 Å². The second kappa shape index (κ2) is 7.34. The van der Waals surface area contributed by atoms with E-state index in [1.54, 1.807) is 7.11 Å². The summed E-state index contributed by atoms with van der Waals surface area (Å²) in [6.45, 7) is 11.0. The first kappa shape index (κ1) is 12.9. The highest BCUT2D eigenvalue weighted by Crippen LogP contribution is 2.17. The quantitative estimate of drug-likeness (QED) is 0.660. The molecule has 0 spiro atoms. The summed E-state index contributed by atoms with van der Waals surface area (Å²) in [5.74, 6) is 1.46. The Hall–Kier alpha value is -0.0800. The van der Waals surface area contributed by atoms with Crippen molar-refractivity contribution >= 4 is 0 Å². The van der Waals surface area contributed by atoms with Crippen molar-refractivity contribution in [1.29, 1.82) is 0 Å². The van der Waals surface area contributed by atoms with Gasteiger partial charge in [-0.25, -0.2) is 0 Å². The number of rotatable bonds is 7. The third kappa shape index (κ3) is 6.05. The average Bonchev–Trinajstić information content (AvgIpc) is 2.11. The lowest BCUT2D eigenvalue weighted by Crippen LogP contribution is -2.29. The molecule has 0 aliphatic carbocycles. The molecule has 0 saturated carbocycles. The van der Waals surface area contributed by atoms with E-state index in [1.807, 2.05) is 0 Å². The maximum Gasteiger partial charge on any atom is 0.0546 e. The van der Waals surface area contributed by atoms with E-state index < -0.39 is 0 Å². The molecule has 0 bridgehead atoms. The molecule has 0 rings (SSSR count). The van der Waals surface area contributed by atoms with Crippen LogP contribution in [0.5, 0.6) is 0 Å². The van der Waals surface area contributed by atoms with Crippen LogP contribution in [0.25, 0.3) is 0 Å². The second-order valence-electron chi connectivity index (χ2n) is 4.09. The van der Waals surface area contributed by atoms with Gasteiger partial charge in [-0.05, 0) is 38.3 Å². The summed E-state index contributed by atoms with van der Waals surface area (Å²) in [6, 6.07) is 0. The molecule has 0 heterocycles. The predicted molar refractivity (Wildman–Crippen MR) is 58.0 cm³/mol. The van der Waals surface area contributed by atoms with Gasteiger partial charge in [-0.2, -0.15) is 0 Å². The molecule has 80 valence electrons. The molecule has 0 saturated heterocycles. The zero-order chi connectivity index (χ0) is 10.3. The Morgan fingerprint density at radius 1 is 1.23 bits per heavy atom. The summed E-state index contributed by atoms with van der Waals surface area (Å²) < 4.78 is 5.28. The Kier molecular flexibility index (Phi) is 7.29. The van der Waals surface area contributed by atoms with Gasteiger partial charge in [0.1, 0.15) is 0 Å². The summed E-state index contributed by atoms with van der Waals surface area (Å²) in [5.41, 5.74) is 0. The van der Waals surface area contributed by atoms with Crippen LogP contribution in [0.3, 0.4) is 0 Å². The van der Waals surface area contributed by atoms with E-state index in [1.165, 1.54) is 0 Å². The lowest BCUT2D eigenvalue weighted by Gasteiger charge is -2.23. The van der Waals surface area contributed by atoms with Crippen LogP contribution in [-0.2, 0) is 4.74 Å². The van der Waals surface area contributed by atoms with Crippen LogP contribution in [0.4, 0.5) is 0 Å². The zero-order valence-electron chi connectivity index (χ0n) is 9.76. The average molecular weight is 187 g/mol. The van der Waals surface area contributed by atoms with Crippen LogP contribution in [0, 0.1) is 11.8 Å². The van der Waals surface area contributed by atoms with Crippen molar-refractivity contribution in [2.45, 2.75) is 40.2 Å². The third-order valence-electron chi connectivity index (χ3n) is 2.64. The highest BCUT2D eigenvalue weighted by molar-refractivity contribution is 4.68. The topological polar surface area (TPSA) is 21.3 Å². The third-order valence-corrected chi connectivity index (χ3v) is 2.64. The smallest absolute Gasteiger partial charge is 0.0546 e. The van der Waals surface area contributed by atoms with E-state index in [4.69, 9.17) is 4.74 Å². The van der Waals surface area contributed by atoms with Crippen molar-refractivity contribution in [3.8, 4) is 0 Å². The summed E-state index contributed by atoms with van der Waals surface area (Å²) >= 11 is 0. The van der Waals surface area contributed by atoms with Crippen molar-refractivity contribution in [2.24, 2.45) is 11.8 Å². The predicted octanol–water partition coefficient (Wildman–Crippen LogP) is 2.29. The summed E-state index contributed by atoms with van der Waals surface area (Å²) in [7, 11) is 1.79. The maximum atomic E-state index is 5.28. The molecule has 0 amide bonds. The summed E-state index contributed by atoms with van der Waals surface area (Å²) in [6.07, 6.45) is 1.53. The molecule has 2 heteroatoms. The molecule has 0 fully saturated rings. The lowest BCUT2D eigenvalue weighted by molar-refractivity contribution is 0.0865. The minimum Gasteiger partial charge on any atom is -0.382 e. The molecule has 13 heavy (non-hydrogen) atoms. The fourth-order valence-electron chi connectivity index (χ4n) is 1.44. The first-order valence-electron chi connectivity index (χ1n) is 5.35. The number of hydrogen-bond donors (Lipinski definition) is 1. The van der Waals surface area contributed by atoms with Crippen molar-refractivity contribution in [3.63, 3.8) is 0 Å². The van der Waals surface area contributed by atoms with Gasteiger partial charge >= 0.3 is 0 Å². The molecule has 0 aliphatic rings. The van der Waals surface area contributed by atoms with Crippen LogP contribution >= 0.6 is 0 Å². The van der Waals surface area contributed by atoms with Crippen molar-refractivity contribution in [1.82, 2.24) is 5.32 Å². The Bertz CT molecular complexity index is 115. The molecule has 0 aromatic rings. The SMILES string of the molecule is CCNCC(CC(C)OC)C(C)C. The van der Waals surface area contributed by atoms with Gasteiger partial charge in [0.25, 0.3) is 0 Å². The van der Waals surface area contributed by atoms with E-state index in [0.29, 0.717) is 6.10 Å². The second-order valence-corrected chi connectivity index (χ2v) is 4.09. The lowest BCUT2D eigenvalue weighted by atomic mass is 9.90. The Morgan fingerprint density at radius 2 is 1.85 bits per heavy atom. The van der Waals surface area contributed by atoms with Crippen LogP contribution < -0.4 is 5.32 Å². The standard InChI is InChI=1S/C11H25NO/c1-6-12-8-11(9(2)3)7-10(4)13-5/h9-12H,6-8H2,1-5H3. The van der Waals surface area contributed by atoms with Crippen molar-refractivity contribution < 1.29 is 4.74 Å². The largest absolute Gasteiger partial charge is 0.382 e. The van der Waals surface area contributed by atoms with Gasteiger partial charge < -0.3 is 10.1 Å². The Morgan fingerprint density at radius 3 is 2.23 bits per heavy atom. The fraction of sp³-hybridized carbons (Fsp3) is 1.00. The zero-order valence-corrected chi connectivity index (χ0v) is 9.76. The highest BCUT2D eigenvalue weighted by Gasteiger charge is 2.15. The molecule has 0 aromatic heterocycles. The maximum absolute atomic E-state index is 5.28. The molecule has 1 N–H and O–H groups in total. The van der Waals surface area contributed by atoms with Crippen molar-refractivity contribution in [3.05, 3.63) is 0 Å². The highest BCUT2D eigenvalue weighted by atomic mass is 16.5. The van der Waals surface area contributed by atoms with Gasteiger partial charge in [-0.1, -0.05) is 20.8 Å². The Labute approximate surface area is 83.1 Å². The summed E-state index contributed by atoms with van der Waals surface area (Å²) in [5, 5.41) is 3.40. The normalized spacial score (nSPS) is 16.2. The molecular weight excluding hydrogens is 162 g/mol. The van der Waals surface area contributed by atoms with Gasteiger partial charge in [0.2, 0.25) is 0 Å². The molecule has 2 atom stereocenters. The van der Waals surface area contributed by atoms with Crippen LogP contribution in [-0.4, -0.2) is 26.3 Å². The first-order valence-corrected chi connectivity index (χ1v) is 5.35. The Balaban J connectivity index is 3.79. The number of ether oxygens (including phenoxy) is 1. The number of nitrogens with one attached hydrogen (secondary N) is 1. The molecular formula is C11H25NO. The van der Waals surface area contributed by atoms with E-state index in [0.717, 1.165) is 31.3 Å². The van der Waals surface area contributed by atoms with E-state index >= 15 is 0 Å². The van der Waals surface area contributed by atoms with E-state index in [-0.39, 0.29) is 0 Å². The van der Waals surface area contributed by atoms with Gasteiger partial charge in [0.05, 0.1) is 6.10 Å². The van der Waals surface area contributed by atoms with Crippen LogP contribution in [0.1, 0.15) is 34.1 Å². The molecule has 0 radical (unpaired) electrons. The number of hydrogen-bond acceptors (Lipinski definition) is 2. The van der Waals surface area contributed by atoms with Crippen LogP contribution in [0.15, 0.2) is 0 Å². The number of methoxy groups -OCH3 is 1. The molecule has 2 unspecified atom stereocenters. The van der Waals surface area contributed by atoms with Gasteiger partial charge in [-0.15, -0.1) is 0 Å². The minimum atomic E-state index is 0.381. The van der Waals surface area contributed by atoms with Gasteiger partial charge in [-0.3, -0.25) is 0 Å². The van der Waals surface area contributed by atoms with Gasteiger partial charge in [0.15, 0.2) is 0 Å². The molecule has 2 nitrogen and oxygen atoms in total. The van der Waals surface area contributed by atoms with E-state index in [2.05, 4.69) is 33.0 Å². The van der Waals surface area contributed by atoms with Gasteiger partial charge in [0, 0.05) is 7.11 Å². The van der Waals surface area contributed by atoms with E-state index in [9.17, 15) is 0 Å². The fourth-order valence-corrected chi connectivity index (χ4v) is 1.44. The minimum absolute atomic E-state index is 0.381. The summed E-state index contributed by atoms with van der Waals surface area (Å²) in [4.78, 5) is 0. The molecule has 0 aromatic carbocycles.